The lowest BCUT2D eigenvalue weighted by Crippen LogP contribution is -2.23. The lowest BCUT2D eigenvalue weighted by molar-refractivity contribution is 0.151. The summed E-state index contributed by atoms with van der Waals surface area (Å²) in [6, 6.07) is 3.80. The van der Waals surface area contributed by atoms with Gasteiger partial charge in [0.25, 0.3) is 0 Å². The average Bonchev–Trinajstić information content (AvgIpc) is 2.72. The summed E-state index contributed by atoms with van der Waals surface area (Å²) in [7, 11) is 0. The molecule has 0 spiro atoms. The zero-order valence-corrected chi connectivity index (χ0v) is 8.35. The molecule has 0 bridgehead atoms. The summed E-state index contributed by atoms with van der Waals surface area (Å²) in [6.07, 6.45) is -0.468. The maximum Gasteiger partial charge on any atom is 0.415 e. The van der Waals surface area contributed by atoms with E-state index in [4.69, 9.17) is 16.3 Å². The summed E-state index contributed by atoms with van der Waals surface area (Å²) in [4.78, 5) is 12.9. The van der Waals surface area contributed by atoms with Crippen LogP contribution < -0.4 is 4.90 Å². The van der Waals surface area contributed by atoms with E-state index in [-0.39, 0.29) is 12.2 Å². The van der Waals surface area contributed by atoms with E-state index in [1.807, 2.05) is 17.5 Å². The third-order valence-electron chi connectivity index (χ3n) is 1.82. The number of amides is 1. The molecule has 0 saturated carbocycles. The SMILES string of the molecule is O=C1OC(CCl)CN1c1cccs1. The highest BCUT2D eigenvalue weighted by Crippen LogP contribution is 2.26. The van der Waals surface area contributed by atoms with Crippen molar-refractivity contribution in [1.29, 1.82) is 0 Å². The van der Waals surface area contributed by atoms with Crippen LogP contribution in [-0.4, -0.2) is 24.6 Å². The van der Waals surface area contributed by atoms with Gasteiger partial charge in [-0.2, -0.15) is 0 Å². The van der Waals surface area contributed by atoms with Crippen LogP contribution >= 0.6 is 22.9 Å². The van der Waals surface area contributed by atoms with Gasteiger partial charge in [0.15, 0.2) is 0 Å². The number of anilines is 1. The van der Waals surface area contributed by atoms with Crippen LogP contribution in [0.4, 0.5) is 9.80 Å². The minimum absolute atomic E-state index is 0.170. The smallest absolute Gasteiger partial charge is 0.415 e. The van der Waals surface area contributed by atoms with E-state index in [0.717, 1.165) is 5.00 Å². The summed E-state index contributed by atoms with van der Waals surface area (Å²) < 4.78 is 5.01. The van der Waals surface area contributed by atoms with E-state index < -0.39 is 0 Å². The van der Waals surface area contributed by atoms with Gasteiger partial charge in [0.2, 0.25) is 0 Å². The summed E-state index contributed by atoms with van der Waals surface area (Å²) in [5.74, 6) is 0.355. The molecule has 0 N–H and O–H groups in total. The highest BCUT2D eigenvalue weighted by atomic mass is 35.5. The molecule has 1 fully saturated rings. The number of cyclic esters (lactones) is 1. The minimum Gasteiger partial charge on any atom is -0.443 e. The van der Waals surface area contributed by atoms with Gasteiger partial charge in [0.1, 0.15) is 11.1 Å². The van der Waals surface area contributed by atoms with Gasteiger partial charge < -0.3 is 4.74 Å². The Kier molecular flexibility index (Phi) is 2.42. The fourth-order valence-corrected chi connectivity index (χ4v) is 2.10. The Morgan fingerprint density at radius 1 is 1.77 bits per heavy atom. The van der Waals surface area contributed by atoms with Crippen molar-refractivity contribution in [2.75, 3.05) is 17.3 Å². The van der Waals surface area contributed by atoms with Crippen molar-refractivity contribution in [2.24, 2.45) is 0 Å². The van der Waals surface area contributed by atoms with E-state index in [9.17, 15) is 4.79 Å². The molecule has 1 aromatic rings. The van der Waals surface area contributed by atoms with Crippen molar-refractivity contribution >= 4 is 34.0 Å². The Hall–Kier alpha value is -0.740. The second kappa shape index (κ2) is 3.55. The molecule has 0 aromatic carbocycles. The van der Waals surface area contributed by atoms with Crippen molar-refractivity contribution in [3.8, 4) is 0 Å². The molecule has 1 aliphatic rings. The topological polar surface area (TPSA) is 29.5 Å². The fourth-order valence-electron chi connectivity index (χ4n) is 1.21. The van der Waals surface area contributed by atoms with Crippen molar-refractivity contribution in [1.82, 2.24) is 0 Å². The normalized spacial score (nSPS) is 22.1. The third kappa shape index (κ3) is 1.64. The number of nitrogens with zero attached hydrogens (tertiary/aromatic N) is 1. The molecule has 2 rings (SSSR count). The maximum absolute atomic E-state index is 11.3. The molecule has 5 heteroatoms. The Labute approximate surface area is 84.9 Å². The second-order valence-corrected chi connectivity index (χ2v) is 3.96. The quantitative estimate of drug-likeness (QED) is 0.712. The molecule has 1 amide bonds. The minimum atomic E-state index is -0.298. The Bertz CT molecular complexity index is 301. The van der Waals surface area contributed by atoms with Gasteiger partial charge >= 0.3 is 6.09 Å². The highest BCUT2D eigenvalue weighted by molar-refractivity contribution is 7.14. The van der Waals surface area contributed by atoms with Gasteiger partial charge in [-0.1, -0.05) is 0 Å². The first-order valence-corrected chi connectivity index (χ1v) is 5.30. The predicted octanol–water partition coefficient (Wildman–Crippen LogP) is 2.31. The second-order valence-electron chi connectivity index (χ2n) is 2.72. The first-order valence-electron chi connectivity index (χ1n) is 3.89. The van der Waals surface area contributed by atoms with Gasteiger partial charge in [0.05, 0.1) is 12.4 Å². The largest absolute Gasteiger partial charge is 0.443 e. The maximum atomic E-state index is 11.3. The van der Waals surface area contributed by atoms with Crippen LogP contribution in [0.25, 0.3) is 0 Å². The monoisotopic (exact) mass is 217 g/mol. The first kappa shape index (κ1) is 8.84. The van der Waals surface area contributed by atoms with Crippen molar-refractivity contribution in [3.05, 3.63) is 17.5 Å². The molecular formula is C8H8ClNO2S. The van der Waals surface area contributed by atoms with Crippen molar-refractivity contribution in [2.45, 2.75) is 6.10 Å². The van der Waals surface area contributed by atoms with Gasteiger partial charge in [-0.25, -0.2) is 4.79 Å². The Balaban J connectivity index is 2.14. The van der Waals surface area contributed by atoms with Crippen molar-refractivity contribution < 1.29 is 9.53 Å². The number of carbonyl (C=O) groups excluding carboxylic acids is 1. The molecule has 1 unspecified atom stereocenters. The zero-order valence-electron chi connectivity index (χ0n) is 6.77. The number of carbonyl (C=O) groups is 1. The van der Waals surface area contributed by atoms with Gasteiger partial charge in [0, 0.05) is 0 Å². The Morgan fingerprint density at radius 3 is 3.15 bits per heavy atom. The summed E-state index contributed by atoms with van der Waals surface area (Å²) in [5, 5.41) is 2.84. The number of alkyl halides is 1. The number of rotatable bonds is 2. The number of hydrogen-bond donors (Lipinski definition) is 0. The zero-order chi connectivity index (χ0) is 9.26. The standard InChI is InChI=1S/C8H8ClNO2S/c9-4-6-5-10(8(11)12-6)7-2-1-3-13-7/h1-3,6H,4-5H2. The fraction of sp³-hybridized carbons (Fsp3) is 0.375. The molecular weight excluding hydrogens is 210 g/mol. The van der Waals surface area contributed by atoms with Gasteiger partial charge in [-0.05, 0) is 17.5 Å². The first-order chi connectivity index (χ1) is 6.31. The third-order valence-corrected chi connectivity index (χ3v) is 3.05. The lowest BCUT2D eigenvalue weighted by atomic mass is 10.4. The predicted molar refractivity (Wildman–Crippen MR) is 52.7 cm³/mol. The van der Waals surface area contributed by atoms with E-state index in [1.165, 1.54) is 11.3 Å². The molecule has 70 valence electrons. The molecule has 1 saturated heterocycles. The van der Waals surface area contributed by atoms with E-state index in [0.29, 0.717) is 12.4 Å². The van der Waals surface area contributed by atoms with Gasteiger partial charge in [-0.15, -0.1) is 22.9 Å². The molecule has 13 heavy (non-hydrogen) atoms. The van der Waals surface area contributed by atoms with Gasteiger partial charge in [-0.3, -0.25) is 4.90 Å². The summed E-state index contributed by atoms with van der Waals surface area (Å²) in [5.41, 5.74) is 0. The van der Waals surface area contributed by atoms with Crippen LogP contribution in [-0.2, 0) is 4.74 Å². The van der Waals surface area contributed by atoms with Crippen molar-refractivity contribution in [3.63, 3.8) is 0 Å². The van der Waals surface area contributed by atoms with Crippen LogP contribution in [0.15, 0.2) is 17.5 Å². The van der Waals surface area contributed by atoms with E-state index in [1.54, 1.807) is 4.90 Å². The molecule has 0 radical (unpaired) electrons. The number of halogens is 1. The van der Waals surface area contributed by atoms with E-state index in [2.05, 4.69) is 0 Å². The molecule has 0 aliphatic carbocycles. The molecule has 1 aromatic heterocycles. The number of hydrogen-bond acceptors (Lipinski definition) is 3. The summed E-state index contributed by atoms with van der Waals surface area (Å²) >= 11 is 7.12. The molecule has 2 heterocycles. The Morgan fingerprint density at radius 2 is 2.62 bits per heavy atom. The van der Waals surface area contributed by atoms with E-state index >= 15 is 0 Å². The van der Waals surface area contributed by atoms with Crippen LogP contribution in [0.3, 0.4) is 0 Å². The number of ether oxygens (including phenoxy) is 1. The highest BCUT2D eigenvalue weighted by Gasteiger charge is 2.31. The summed E-state index contributed by atoms with van der Waals surface area (Å²) in [6.45, 7) is 0.558. The van der Waals surface area contributed by atoms with Crippen LogP contribution in [0.1, 0.15) is 0 Å². The lowest BCUT2D eigenvalue weighted by Gasteiger charge is -2.08. The molecule has 1 aliphatic heterocycles. The van der Waals surface area contributed by atoms with Crippen LogP contribution in [0.2, 0.25) is 0 Å². The average molecular weight is 218 g/mol. The number of thiophene rings is 1. The molecule has 3 nitrogen and oxygen atoms in total. The van der Waals surface area contributed by atoms with Crippen LogP contribution in [0.5, 0.6) is 0 Å². The molecule has 1 atom stereocenters. The van der Waals surface area contributed by atoms with Crippen LogP contribution in [0, 0.1) is 0 Å².